The number of hydrogen-bond acceptors (Lipinski definition) is 2. The molecule has 0 unspecified atom stereocenters. The third-order valence-electron chi connectivity index (χ3n) is 1.68. The molecule has 0 spiro atoms. The lowest BCUT2D eigenvalue weighted by Crippen LogP contribution is -1.98. The van der Waals surface area contributed by atoms with Gasteiger partial charge in [0.05, 0.1) is 6.20 Å². The van der Waals surface area contributed by atoms with Crippen LogP contribution in [0.1, 0.15) is 18.4 Å². The topological polar surface area (TPSA) is 43.8 Å². The molecule has 11 heavy (non-hydrogen) atoms. The zero-order chi connectivity index (χ0) is 8.10. The first-order valence-electron chi connectivity index (χ1n) is 4.00. The minimum atomic E-state index is 0.792. The van der Waals surface area contributed by atoms with Crippen LogP contribution in [0.3, 0.4) is 0 Å². The highest BCUT2D eigenvalue weighted by Gasteiger charge is 1.94. The molecular formula is C8H15N3. The Morgan fingerprint density at radius 2 is 2.36 bits per heavy atom. The van der Waals surface area contributed by atoms with Gasteiger partial charge < -0.3 is 5.73 Å². The molecule has 2 N–H and O–H groups in total. The van der Waals surface area contributed by atoms with Gasteiger partial charge in [0, 0.05) is 13.2 Å². The zero-order valence-corrected chi connectivity index (χ0v) is 6.95. The van der Waals surface area contributed by atoms with E-state index >= 15 is 0 Å². The summed E-state index contributed by atoms with van der Waals surface area (Å²) in [5, 5.41) is 4.08. The highest BCUT2D eigenvalue weighted by atomic mass is 15.2. The lowest BCUT2D eigenvalue weighted by atomic mass is 10.1. The minimum absolute atomic E-state index is 0.792. The van der Waals surface area contributed by atoms with Crippen LogP contribution in [0.15, 0.2) is 12.4 Å². The lowest BCUT2D eigenvalue weighted by Gasteiger charge is -1.93. The Hall–Kier alpha value is -0.830. The lowest BCUT2D eigenvalue weighted by molar-refractivity contribution is 0.741. The van der Waals surface area contributed by atoms with Crippen molar-refractivity contribution in [1.82, 2.24) is 9.78 Å². The first-order valence-corrected chi connectivity index (χ1v) is 4.00. The van der Waals surface area contributed by atoms with Gasteiger partial charge in [0.15, 0.2) is 0 Å². The van der Waals surface area contributed by atoms with Crippen LogP contribution in [0.2, 0.25) is 0 Å². The standard InChI is InChI=1S/C8H15N3/c1-11-7-8(6-10-11)4-2-3-5-9/h6-7H,2-5,9H2,1H3. The van der Waals surface area contributed by atoms with E-state index in [0.717, 1.165) is 19.4 Å². The molecule has 1 heterocycles. The molecule has 0 saturated carbocycles. The van der Waals surface area contributed by atoms with Crippen LogP contribution in [0.4, 0.5) is 0 Å². The van der Waals surface area contributed by atoms with E-state index in [1.165, 1.54) is 12.0 Å². The molecule has 1 rings (SSSR count). The predicted molar refractivity (Wildman–Crippen MR) is 45.2 cm³/mol. The van der Waals surface area contributed by atoms with E-state index in [-0.39, 0.29) is 0 Å². The maximum Gasteiger partial charge on any atom is 0.0521 e. The van der Waals surface area contributed by atoms with Crippen LogP contribution < -0.4 is 5.73 Å². The van der Waals surface area contributed by atoms with Crippen LogP contribution in [0.5, 0.6) is 0 Å². The van der Waals surface area contributed by atoms with Crippen molar-refractivity contribution in [2.75, 3.05) is 6.54 Å². The van der Waals surface area contributed by atoms with Gasteiger partial charge in [-0.1, -0.05) is 0 Å². The van der Waals surface area contributed by atoms with E-state index in [1.807, 2.05) is 17.9 Å². The second kappa shape index (κ2) is 4.13. The molecule has 0 aromatic carbocycles. The molecule has 1 aromatic rings. The molecule has 0 saturated heterocycles. The highest BCUT2D eigenvalue weighted by Crippen LogP contribution is 2.01. The van der Waals surface area contributed by atoms with Gasteiger partial charge in [0.25, 0.3) is 0 Å². The van der Waals surface area contributed by atoms with Crippen molar-refractivity contribution in [3.8, 4) is 0 Å². The predicted octanol–water partition coefficient (Wildman–Crippen LogP) is 0.701. The Balaban J connectivity index is 2.27. The summed E-state index contributed by atoms with van der Waals surface area (Å²) in [6.45, 7) is 0.792. The fourth-order valence-electron chi connectivity index (χ4n) is 1.07. The van der Waals surface area contributed by atoms with Crippen LogP contribution in [-0.2, 0) is 13.5 Å². The van der Waals surface area contributed by atoms with Crippen molar-refractivity contribution in [2.24, 2.45) is 12.8 Å². The molecule has 3 nitrogen and oxygen atoms in total. The van der Waals surface area contributed by atoms with Crippen LogP contribution >= 0.6 is 0 Å². The van der Waals surface area contributed by atoms with Crippen LogP contribution in [0, 0.1) is 0 Å². The van der Waals surface area contributed by atoms with Crippen LogP contribution in [-0.4, -0.2) is 16.3 Å². The summed E-state index contributed by atoms with van der Waals surface area (Å²) in [6.07, 6.45) is 7.34. The Morgan fingerprint density at radius 1 is 1.55 bits per heavy atom. The highest BCUT2D eigenvalue weighted by molar-refractivity contribution is 5.03. The van der Waals surface area contributed by atoms with E-state index in [2.05, 4.69) is 11.3 Å². The first-order chi connectivity index (χ1) is 5.33. The van der Waals surface area contributed by atoms with Crippen molar-refractivity contribution in [3.05, 3.63) is 18.0 Å². The molecule has 0 radical (unpaired) electrons. The summed E-state index contributed by atoms with van der Waals surface area (Å²) >= 11 is 0. The summed E-state index contributed by atoms with van der Waals surface area (Å²) in [6, 6.07) is 0. The van der Waals surface area contributed by atoms with E-state index < -0.39 is 0 Å². The largest absolute Gasteiger partial charge is 0.330 e. The Morgan fingerprint density at radius 3 is 2.91 bits per heavy atom. The molecule has 62 valence electrons. The normalized spacial score (nSPS) is 10.4. The van der Waals surface area contributed by atoms with Gasteiger partial charge in [-0.2, -0.15) is 5.10 Å². The molecule has 1 aromatic heterocycles. The van der Waals surface area contributed by atoms with E-state index in [0.29, 0.717) is 0 Å². The molecule has 0 aliphatic heterocycles. The smallest absolute Gasteiger partial charge is 0.0521 e. The van der Waals surface area contributed by atoms with Crippen LogP contribution in [0.25, 0.3) is 0 Å². The molecule has 0 bridgehead atoms. The zero-order valence-electron chi connectivity index (χ0n) is 6.95. The number of aryl methyl sites for hydroxylation is 2. The van der Waals surface area contributed by atoms with E-state index in [4.69, 9.17) is 5.73 Å². The molecule has 3 heteroatoms. The number of rotatable bonds is 4. The van der Waals surface area contributed by atoms with Gasteiger partial charge in [-0.15, -0.1) is 0 Å². The number of hydrogen-bond donors (Lipinski definition) is 1. The maximum absolute atomic E-state index is 5.38. The van der Waals surface area contributed by atoms with Gasteiger partial charge in [-0.25, -0.2) is 0 Å². The fraction of sp³-hybridized carbons (Fsp3) is 0.625. The summed E-state index contributed by atoms with van der Waals surface area (Å²) < 4.78 is 1.83. The second-order valence-electron chi connectivity index (χ2n) is 2.77. The average molecular weight is 153 g/mol. The van der Waals surface area contributed by atoms with Gasteiger partial charge >= 0.3 is 0 Å². The van der Waals surface area contributed by atoms with Crippen molar-refractivity contribution in [3.63, 3.8) is 0 Å². The van der Waals surface area contributed by atoms with Gasteiger partial charge in [0.2, 0.25) is 0 Å². The molecular weight excluding hydrogens is 138 g/mol. The minimum Gasteiger partial charge on any atom is -0.330 e. The number of unbranched alkanes of at least 4 members (excludes halogenated alkanes) is 1. The number of nitrogens with two attached hydrogens (primary N) is 1. The fourth-order valence-corrected chi connectivity index (χ4v) is 1.07. The molecule has 0 aliphatic carbocycles. The Bertz CT molecular complexity index is 205. The Kier molecular flexibility index (Phi) is 3.11. The van der Waals surface area contributed by atoms with Gasteiger partial charge in [0.1, 0.15) is 0 Å². The number of aromatic nitrogens is 2. The molecule has 0 fully saturated rings. The van der Waals surface area contributed by atoms with E-state index in [9.17, 15) is 0 Å². The first kappa shape index (κ1) is 8.27. The monoisotopic (exact) mass is 153 g/mol. The van der Waals surface area contributed by atoms with Crippen molar-refractivity contribution < 1.29 is 0 Å². The van der Waals surface area contributed by atoms with E-state index in [1.54, 1.807) is 0 Å². The van der Waals surface area contributed by atoms with Crippen molar-refractivity contribution in [2.45, 2.75) is 19.3 Å². The van der Waals surface area contributed by atoms with Crippen molar-refractivity contribution in [1.29, 1.82) is 0 Å². The summed E-state index contributed by atoms with van der Waals surface area (Å²) in [7, 11) is 1.94. The van der Waals surface area contributed by atoms with Gasteiger partial charge in [-0.3, -0.25) is 4.68 Å². The van der Waals surface area contributed by atoms with Gasteiger partial charge in [-0.05, 0) is 31.4 Å². The van der Waals surface area contributed by atoms with Crippen molar-refractivity contribution >= 4 is 0 Å². The molecule has 0 aliphatic rings. The third-order valence-corrected chi connectivity index (χ3v) is 1.68. The molecule has 0 atom stereocenters. The Labute approximate surface area is 67.2 Å². The summed E-state index contributed by atoms with van der Waals surface area (Å²) in [5.74, 6) is 0. The maximum atomic E-state index is 5.38. The number of nitrogens with zero attached hydrogens (tertiary/aromatic N) is 2. The SMILES string of the molecule is Cn1cc(CCCCN)cn1. The summed E-state index contributed by atoms with van der Waals surface area (Å²) in [5.41, 5.74) is 6.68. The summed E-state index contributed by atoms with van der Waals surface area (Å²) in [4.78, 5) is 0. The average Bonchev–Trinajstić information content (AvgIpc) is 2.37. The molecule has 0 amide bonds. The quantitative estimate of drug-likeness (QED) is 0.647. The second-order valence-corrected chi connectivity index (χ2v) is 2.77. The third kappa shape index (κ3) is 2.72.